The van der Waals surface area contributed by atoms with Gasteiger partial charge in [-0.2, -0.15) is 0 Å². The van der Waals surface area contributed by atoms with Gasteiger partial charge in [-0.25, -0.2) is 9.37 Å². The lowest BCUT2D eigenvalue weighted by Gasteiger charge is -2.11. The molecule has 0 atom stereocenters. The monoisotopic (exact) mass is 333 g/mol. The van der Waals surface area contributed by atoms with Crippen LogP contribution in [0, 0.1) is 12.7 Å². The first-order valence-corrected chi connectivity index (χ1v) is 7.96. The first kappa shape index (κ1) is 15.3. The summed E-state index contributed by atoms with van der Waals surface area (Å²) in [5, 5.41) is 2.79. The summed E-state index contributed by atoms with van der Waals surface area (Å²) in [5.41, 5.74) is 11.4. The maximum Gasteiger partial charge on any atom is 0.251 e. The van der Waals surface area contributed by atoms with Crippen LogP contribution in [-0.4, -0.2) is 10.9 Å². The molecular formula is C20H16FN3O. The summed E-state index contributed by atoms with van der Waals surface area (Å²) < 4.78 is 14.2. The van der Waals surface area contributed by atoms with Gasteiger partial charge in [0.05, 0.1) is 0 Å². The molecule has 0 saturated carbocycles. The van der Waals surface area contributed by atoms with E-state index in [4.69, 9.17) is 5.73 Å². The van der Waals surface area contributed by atoms with E-state index in [1.165, 1.54) is 6.07 Å². The lowest BCUT2D eigenvalue weighted by molar-refractivity contribution is 0.0966. The minimum absolute atomic E-state index is 0.0665. The van der Waals surface area contributed by atoms with Crippen molar-refractivity contribution in [2.45, 2.75) is 13.5 Å². The van der Waals surface area contributed by atoms with Crippen molar-refractivity contribution in [1.29, 1.82) is 0 Å². The number of aromatic nitrogens is 1. The summed E-state index contributed by atoms with van der Waals surface area (Å²) in [4.78, 5) is 15.9. The van der Waals surface area contributed by atoms with E-state index in [1.54, 1.807) is 24.4 Å². The molecule has 0 fully saturated rings. The minimum atomic E-state index is -0.299. The summed E-state index contributed by atoms with van der Waals surface area (Å²) in [6.45, 7) is 2.42. The number of carbonyl (C=O) groups is 1. The maximum atomic E-state index is 14.2. The van der Waals surface area contributed by atoms with Crippen molar-refractivity contribution in [3.8, 4) is 22.3 Å². The van der Waals surface area contributed by atoms with Crippen molar-refractivity contribution >= 4 is 11.7 Å². The smallest absolute Gasteiger partial charge is 0.251 e. The van der Waals surface area contributed by atoms with Crippen LogP contribution >= 0.6 is 0 Å². The standard InChI is InChI=1S/C20H16FN3O/c1-11-2-5-18(21)16(6-11)14-8-17(19(22)23-9-14)12-3-4-15-13(7-12)10-24-20(15)25/h2-9H,10H2,1H3,(H2,22,23)(H,24,25). The highest BCUT2D eigenvalue weighted by atomic mass is 19.1. The molecule has 0 aliphatic carbocycles. The summed E-state index contributed by atoms with van der Waals surface area (Å²) in [7, 11) is 0. The molecule has 0 radical (unpaired) electrons. The number of nitrogens with one attached hydrogen (secondary N) is 1. The van der Waals surface area contributed by atoms with Gasteiger partial charge in [-0.3, -0.25) is 4.79 Å². The largest absolute Gasteiger partial charge is 0.383 e. The fourth-order valence-corrected chi connectivity index (χ4v) is 3.11. The lowest BCUT2D eigenvalue weighted by atomic mass is 9.97. The average Bonchev–Trinajstić information content (AvgIpc) is 2.98. The van der Waals surface area contributed by atoms with Crippen LogP contribution in [-0.2, 0) is 6.54 Å². The molecule has 124 valence electrons. The third kappa shape index (κ3) is 2.63. The summed E-state index contributed by atoms with van der Waals surface area (Å²) in [6.07, 6.45) is 1.58. The quantitative estimate of drug-likeness (QED) is 0.751. The van der Waals surface area contributed by atoms with E-state index in [9.17, 15) is 9.18 Å². The third-order valence-electron chi connectivity index (χ3n) is 4.45. The Balaban J connectivity index is 1.84. The van der Waals surface area contributed by atoms with E-state index >= 15 is 0 Å². The molecule has 3 N–H and O–H groups in total. The topological polar surface area (TPSA) is 68.0 Å². The Morgan fingerprint density at radius 3 is 2.72 bits per heavy atom. The van der Waals surface area contributed by atoms with Gasteiger partial charge in [0.2, 0.25) is 0 Å². The molecule has 4 rings (SSSR count). The van der Waals surface area contributed by atoms with Crippen LogP contribution < -0.4 is 11.1 Å². The first-order chi connectivity index (χ1) is 12.0. The first-order valence-electron chi connectivity index (χ1n) is 7.96. The highest BCUT2D eigenvalue weighted by molar-refractivity contribution is 5.99. The molecule has 0 bridgehead atoms. The number of benzene rings is 2. The predicted octanol–water partition coefficient (Wildman–Crippen LogP) is 3.69. The van der Waals surface area contributed by atoms with Crippen molar-refractivity contribution < 1.29 is 9.18 Å². The zero-order valence-corrected chi connectivity index (χ0v) is 13.6. The summed E-state index contributed by atoms with van der Waals surface area (Å²) >= 11 is 0. The van der Waals surface area contributed by atoms with E-state index in [0.29, 0.717) is 29.1 Å². The molecule has 4 nitrogen and oxygen atoms in total. The van der Waals surface area contributed by atoms with Gasteiger partial charge in [-0.15, -0.1) is 0 Å². The van der Waals surface area contributed by atoms with Gasteiger partial charge in [0.25, 0.3) is 5.91 Å². The molecule has 1 aromatic heterocycles. The van der Waals surface area contributed by atoms with E-state index in [-0.39, 0.29) is 11.7 Å². The molecule has 0 saturated heterocycles. The second kappa shape index (κ2) is 5.70. The Bertz CT molecular complexity index is 1010. The Hall–Kier alpha value is -3.21. The second-order valence-corrected chi connectivity index (χ2v) is 6.19. The van der Waals surface area contributed by atoms with Gasteiger partial charge in [-0.1, -0.05) is 17.7 Å². The van der Waals surface area contributed by atoms with Gasteiger partial charge in [0, 0.05) is 35.0 Å². The number of nitrogen functional groups attached to an aromatic ring is 1. The number of hydrogen-bond acceptors (Lipinski definition) is 3. The molecule has 0 unspecified atom stereocenters. The van der Waals surface area contributed by atoms with Crippen LogP contribution in [0.3, 0.4) is 0 Å². The van der Waals surface area contributed by atoms with E-state index in [1.807, 2.05) is 25.1 Å². The number of hydrogen-bond donors (Lipinski definition) is 2. The number of anilines is 1. The van der Waals surface area contributed by atoms with Crippen LogP contribution in [0.4, 0.5) is 10.2 Å². The molecule has 1 aliphatic heterocycles. The molecule has 3 aromatic rings. The number of fused-ring (bicyclic) bond motifs is 1. The minimum Gasteiger partial charge on any atom is -0.383 e. The van der Waals surface area contributed by atoms with Crippen LogP contribution in [0.15, 0.2) is 48.7 Å². The molecule has 0 spiro atoms. The fraction of sp³-hybridized carbons (Fsp3) is 0.100. The van der Waals surface area contributed by atoms with E-state index in [0.717, 1.165) is 22.3 Å². The zero-order valence-electron chi connectivity index (χ0n) is 13.6. The van der Waals surface area contributed by atoms with Crippen LogP contribution in [0.2, 0.25) is 0 Å². The molecule has 1 amide bonds. The number of aryl methyl sites for hydroxylation is 1. The molecule has 1 aliphatic rings. The second-order valence-electron chi connectivity index (χ2n) is 6.19. The Morgan fingerprint density at radius 2 is 1.88 bits per heavy atom. The van der Waals surface area contributed by atoms with Crippen LogP contribution in [0.1, 0.15) is 21.5 Å². The number of nitrogens with zero attached hydrogens (tertiary/aromatic N) is 1. The Kier molecular flexibility index (Phi) is 3.50. The molecule has 2 heterocycles. The van der Waals surface area contributed by atoms with Crippen LogP contribution in [0.5, 0.6) is 0 Å². The SMILES string of the molecule is Cc1ccc(F)c(-c2cnc(N)c(-c3ccc4c(c3)CNC4=O)c2)c1. The number of amides is 1. The van der Waals surface area contributed by atoms with Crippen molar-refractivity contribution in [2.24, 2.45) is 0 Å². The average molecular weight is 333 g/mol. The van der Waals surface area contributed by atoms with Crippen molar-refractivity contribution in [3.63, 3.8) is 0 Å². The zero-order chi connectivity index (χ0) is 17.6. The fourth-order valence-electron chi connectivity index (χ4n) is 3.11. The summed E-state index contributed by atoms with van der Waals surface area (Å²) in [6, 6.07) is 12.4. The number of carbonyl (C=O) groups excluding carboxylic acids is 1. The summed E-state index contributed by atoms with van der Waals surface area (Å²) in [5.74, 6) is 0.00384. The van der Waals surface area contributed by atoms with Gasteiger partial charge in [0.1, 0.15) is 11.6 Å². The molecule has 2 aromatic carbocycles. The third-order valence-corrected chi connectivity index (χ3v) is 4.45. The molecule has 5 heteroatoms. The highest BCUT2D eigenvalue weighted by Crippen LogP contribution is 2.32. The number of nitrogens with two attached hydrogens (primary N) is 1. The van der Waals surface area contributed by atoms with Gasteiger partial charge >= 0.3 is 0 Å². The number of rotatable bonds is 2. The van der Waals surface area contributed by atoms with Gasteiger partial charge in [-0.05, 0) is 48.4 Å². The highest BCUT2D eigenvalue weighted by Gasteiger charge is 2.19. The normalized spacial score (nSPS) is 12.8. The molecular weight excluding hydrogens is 317 g/mol. The lowest BCUT2D eigenvalue weighted by Crippen LogP contribution is -2.12. The van der Waals surface area contributed by atoms with Crippen molar-refractivity contribution in [1.82, 2.24) is 10.3 Å². The predicted molar refractivity (Wildman–Crippen MR) is 95.4 cm³/mol. The number of halogens is 1. The van der Waals surface area contributed by atoms with E-state index in [2.05, 4.69) is 10.3 Å². The Morgan fingerprint density at radius 1 is 1.04 bits per heavy atom. The van der Waals surface area contributed by atoms with Gasteiger partial charge < -0.3 is 11.1 Å². The maximum absolute atomic E-state index is 14.2. The van der Waals surface area contributed by atoms with Crippen LogP contribution in [0.25, 0.3) is 22.3 Å². The Labute approximate surface area is 144 Å². The van der Waals surface area contributed by atoms with Gasteiger partial charge in [0.15, 0.2) is 0 Å². The number of pyridine rings is 1. The van der Waals surface area contributed by atoms with Crippen molar-refractivity contribution in [2.75, 3.05) is 5.73 Å². The van der Waals surface area contributed by atoms with Crippen molar-refractivity contribution in [3.05, 3.63) is 71.2 Å². The van der Waals surface area contributed by atoms with E-state index < -0.39 is 0 Å². The molecule has 25 heavy (non-hydrogen) atoms.